The summed E-state index contributed by atoms with van der Waals surface area (Å²) in [7, 11) is 0. The van der Waals surface area contributed by atoms with Crippen LogP contribution >= 0.6 is 11.6 Å². The summed E-state index contributed by atoms with van der Waals surface area (Å²) in [4.78, 5) is 4.07. The third-order valence-electron chi connectivity index (χ3n) is 3.99. The molecule has 0 aliphatic rings. The molecule has 3 aromatic heterocycles. The first-order valence-electron chi connectivity index (χ1n) is 7.63. The van der Waals surface area contributed by atoms with E-state index in [0.717, 1.165) is 36.5 Å². The van der Waals surface area contributed by atoms with Crippen molar-refractivity contribution in [3.63, 3.8) is 0 Å². The lowest BCUT2D eigenvalue weighted by Crippen LogP contribution is -2.10. The lowest BCUT2D eigenvalue weighted by atomic mass is 10.1. The molecule has 0 radical (unpaired) electrons. The standard InChI is InChI=1S/C16H19ClN6/c1-4-14-11(2)20-23(12(14)3)8-7-22-10-15(19-21-22)13-5-6-16(17)18-9-13/h5-6,9-10H,4,7-8H2,1-3H3. The Morgan fingerprint density at radius 1 is 1.17 bits per heavy atom. The molecule has 120 valence electrons. The molecule has 23 heavy (non-hydrogen) atoms. The molecule has 3 aromatic rings. The van der Waals surface area contributed by atoms with Gasteiger partial charge in [-0.2, -0.15) is 5.10 Å². The molecule has 0 bridgehead atoms. The van der Waals surface area contributed by atoms with Gasteiger partial charge >= 0.3 is 0 Å². The van der Waals surface area contributed by atoms with Gasteiger partial charge in [-0.3, -0.25) is 9.36 Å². The Labute approximate surface area is 140 Å². The molecular weight excluding hydrogens is 312 g/mol. The molecule has 0 saturated heterocycles. The Balaban J connectivity index is 1.71. The lowest BCUT2D eigenvalue weighted by molar-refractivity contribution is 0.481. The average molecular weight is 331 g/mol. The van der Waals surface area contributed by atoms with Gasteiger partial charge in [0.05, 0.1) is 25.0 Å². The lowest BCUT2D eigenvalue weighted by Gasteiger charge is -2.04. The fourth-order valence-electron chi connectivity index (χ4n) is 2.73. The van der Waals surface area contributed by atoms with Gasteiger partial charge in [-0.25, -0.2) is 4.98 Å². The number of hydrogen-bond acceptors (Lipinski definition) is 4. The normalized spacial score (nSPS) is 11.1. The summed E-state index contributed by atoms with van der Waals surface area (Å²) >= 11 is 5.80. The van der Waals surface area contributed by atoms with Crippen LogP contribution in [0.5, 0.6) is 0 Å². The van der Waals surface area contributed by atoms with E-state index in [1.165, 1.54) is 11.3 Å². The second-order valence-electron chi connectivity index (χ2n) is 5.46. The van der Waals surface area contributed by atoms with Crippen molar-refractivity contribution in [2.75, 3.05) is 0 Å². The molecule has 0 atom stereocenters. The van der Waals surface area contributed by atoms with Gasteiger partial charge in [-0.1, -0.05) is 23.7 Å². The minimum atomic E-state index is 0.470. The van der Waals surface area contributed by atoms with E-state index in [0.29, 0.717) is 5.15 Å². The summed E-state index contributed by atoms with van der Waals surface area (Å²) in [5, 5.41) is 13.4. The van der Waals surface area contributed by atoms with Crippen LogP contribution in [0.1, 0.15) is 23.9 Å². The van der Waals surface area contributed by atoms with Crippen molar-refractivity contribution in [1.29, 1.82) is 0 Å². The SMILES string of the molecule is CCc1c(C)nn(CCn2cc(-c3ccc(Cl)nc3)nn2)c1C. The van der Waals surface area contributed by atoms with Gasteiger partial charge in [0.2, 0.25) is 0 Å². The molecule has 0 aliphatic heterocycles. The summed E-state index contributed by atoms with van der Waals surface area (Å²) in [5.74, 6) is 0. The first-order chi connectivity index (χ1) is 11.1. The number of rotatable bonds is 5. The second kappa shape index (κ2) is 6.50. The van der Waals surface area contributed by atoms with Gasteiger partial charge in [-0.05, 0) is 38.0 Å². The Hall–Kier alpha value is -2.21. The highest BCUT2D eigenvalue weighted by atomic mass is 35.5. The van der Waals surface area contributed by atoms with E-state index in [4.69, 9.17) is 11.6 Å². The monoisotopic (exact) mass is 330 g/mol. The van der Waals surface area contributed by atoms with Gasteiger partial charge in [0.1, 0.15) is 10.8 Å². The van der Waals surface area contributed by atoms with Crippen LogP contribution in [0.3, 0.4) is 0 Å². The molecule has 0 saturated carbocycles. The summed E-state index contributed by atoms with van der Waals surface area (Å²) in [5.41, 5.74) is 5.36. The summed E-state index contributed by atoms with van der Waals surface area (Å²) < 4.78 is 3.87. The maximum atomic E-state index is 5.80. The Morgan fingerprint density at radius 3 is 2.65 bits per heavy atom. The van der Waals surface area contributed by atoms with Crippen LogP contribution in [0, 0.1) is 13.8 Å². The molecule has 0 fully saturated rings. The molecule has 0 aliphatic carbocycles. The first kappa shape index (κ1) is 15.7. The Bertz CT molecular complexity index is 803. The van der Waals surface area contributed by atoms with E-state index in [1.807, 2.05) is 21.6 Å². The largest absolute Gasteiger partial charge is 0.267 e. The summed E-state index contributed by atoms with van der Waals surface area (Å²) in [6, 6.07) is 3.64. The molecular formula is C16H19ClN6. The Morgan fingerprint density at radius 2 is 2.00 bits per heavy atom. The van der Waals surface area contributed by atoms with Crippen molar-refractivity contribution >= 4 is 11.6 Å². The van der Waals surface area contributed by atoms with Gasteiger partial charge in [-0.15, -0.1) is 5.10 Å². The maximum Gasteiger partial charge on any atom is 0.129 e. The molecule has 3 heterocycles. The molecule has 0 spiro atoms. The quantitative estimate of drug-likeness (QED) is 0.674. The second-order valence-corrected chi connectivity index (χ2v) is 5.85. The van der Waals surface area contributed by atoms with Gasteiger partial charge in [0, 0.05) is 17.5 Å². The number of nitrogens with zero attached hydrogens (tertiary/aromatic N) is 6. The smallest absolute Gasteiger partial charge is 0.129 e. The zero-order valence-electron chi connectivity index (χ0n) is 13.5. The van der Waals surface area contributed by atoms with Crippen molar-refractivity contribution in [2.24, 2.45) is 0 Å². The van der Waals surface area contributed by atoms with Gasteiger partial charge in [0.15, 0.2) is 0 Å². The van der Waals surface area contributed by atoms with Crippen LogP contribution in [0.2, 0.25) is 5.15 Å². The number of halogens is 1. The predicted molar refractivity (Wildman–Crippen MR) is 89.3 cm³/mol. The highest BCUT2D eigenvalue weighted by molar-refractivity contribution is 6.29. The minimum Gasteiger partial charge on any atom is -0.267 e. The van der Waals surface area contributed by atoms with Crippen LogP contribution < -0.4 is 0 Å². The fourth-order valence-corrected chi connectivity index (χ4v) is 2.84. The number of pyridine rings is 1. The number of aromatic nitrogens is 6. The molecule has 7 heteroatoms. The van der Waals surface area contributed by atoms with E-state index >= 15 is 0 Å². The van der Waals surface area contributed by atoms with Crippen LogP contribution in [-0.4, -0.2) is 29.8 Å². The van der Waals surface area contributed by atoms with E-state index in [-0.39, 0.29) is 0 Å². The van der Waals surface area contributed by atoms with Crippen molar-refractivity contribution in [3.8, 4) is 11.3 Å². The van der Waals surface area contributed by atoms with E-state index in [1.54, 1.807) is 12.3 Å². The third-order valence-corrected chi connectivity index (χ3v) is 4.21. The molecule has 0 aromatic carbocycles. The van der Waals surface area contributed by atoms with Crippen LogP contribution in [-0.2, 0) is 19.5 Å². The molecule has 3 rings (SSSR count). The van der Waals surface area contributed by atoms with E-state index < -0.39 is 0 Å². The van der Waals surface area contributed by atoms with Crippen LogP contribution in [0.15, 0.2) is 24.5 Å². The van der Waals surface area contributed by atoms with E-state index in [9.17, 15) is 0 Å². The predicted octanol–water partition coefficient (Wildman–Crippen LogP) is 3.07. The average Bonchev–Trinajstić information content (AvgIpc) is 3.11. The molecule has 0 unspecified atom stereocenters. The molecule has 0 N–H and O–H groups in total. The van der Waals surface area contributed by atoms with Gasteiger partial charge in [0.25, 0.3) is 0 Å². The Kier molecular flexibility index (Phi) is 4.43. The van der Waals surface area contributed by atoms with Crippen LogP contribution in [0.4, 0.5) is 0 Å². The minimum absolute atomic E-state index is 0.470. The van der Waals surface area contributed by atoms with E-state index in [2.05, 4.69) is 41.2 Å². The van der Waals surface area contributed by atoms with Crippen molar-refractivity contribution < 1.29 is 0 Å². The number of aryl methyl sites for hydroxylation is 3. The summed E-state index contributed by atoms with van der Waals surface area (Å²) in [6.07, 6.45) is 4.62. The zero-order chi connectivity index (χ0) is 16.4. The van der Waals surface area contributed by atoms with Crippen LogP contribution in [0.25, 0.3) is 11.3 Å². The highest BCUT2D eigenvalue weighted by Crippen LogP contribution is 2.17. The third kappa shape index (κ3) is 3.27. The van der Waals surface area contributed by atoms with Crippen molar-refractivity contribution in [2.45, 2.75) is 40.3 Å². The van der Waals surface area contributed by atoms with Gasteiger partial charge < -0.3 is 0 Å². The molecule has 6 nitrogen and oxygen atoms in total. The fraction of sp³-hybridized carbons (Fsp3) is 0.375. The maximum absolute atomic E-state index is 5.80. The summed E-state index contributed by atoms with van der Waals surface area (Å²) in [6.45, 7) is 7.83. The van der Waals surface area contributed by atoms with Crippen molar-refractivity contribution in [1.82, 2.24) is 29.8 Å². The van der Waals surface area contributed by atoms with Crippen molar-refractivity contribution in [3.05, 3.63) is 46.6 Å². The zero-order valence-corrected chi connectivity index (χ0v) is 14.2. The first-order valence-corrected chi connectivity index (χ1v) is 8.01. The molecule has 0 amide bonds. The topological polar surface area (TPSA) is 61.4 Å². The highest BCUT2D eigenvalue weighted by Gasteiger charge is 2.10. The number of hydrogen-bond donors (Lipinski definition) is 0.